The quantitative estimate of drug-likeness (QED) is 0.0734. The van der Waals surface area contributed by atoms with Crippen molar-refractivity contribution in [3.63, 3.8) is 0 Å². The Labute approximate surface area is 386 Å². The number of piperidine rings is 1. The zero-order valence-electron chi connectivity index (χ0n) is 37.4. The Hall–Kier alpha value is -6.28. The summed E-state index contributed by atoms with van der Waals surface area (Å²) in [4.78, 5) is 63.4. The van der Waals surface area contributed by atoms with Gasteiger partial charge in [0, 0.05) is 50.5 Å². The third-order valence-electron chi connectivity index (χ3n) is 13.7. The van der Waals surface area contributed by atoms with Crippen molar-refractivity contribution < 1.29 is 33.0 Å². The molecule has 20 heteroatoms. The van der Waals surface area contributed by atoms with Crippen LogP contribution < -0.4 is 31.3 Å². The van der Waals surface area contributed by atoms with Crippen molar-refractivity contribution in [1.82, 2.24) is 39.2 Å². The molecule has 0 spiro atoms. The fourth-order valence-corrected chi connectivity index (χ4v) is 10.1. The summed E-state index contributed by atoms with van der Waals surface area (Å²) in [5.74, 6) is -0.904. The summed E-state index contributed by atoms with van der Waals surface area (Å²) in [5.41, 5.74) is 2.20. The normalized spacial score (nSPS) is 21.6. The molecule has 3 atom stereocenters. The third-order valence-corrected chi connectivity index (χ3v) is 13.7. The average Bonchev–Trinajstić information content (AvgIpc) is 4.16. The lowest BCUT2D eigenvalue weighted by Gasteiger charge is -2.33. The van der Waals surface area contributed by atoms with E-state index in [1.807, 2.05) is 18.5 Å². The van der Waals surface area contributed by atoms with E-state index < -0.39 is 36.1 Å². The average molecular weight is 925 g/mol. The number of nitrogens with one attached hydrogen (secondary N) is 3. The number of ether oxygens (including phenoxy) is 1. The monoisotopic (exact) mass is 924 g/mol. The maximum atomic E-state index is 14.2. The number of nitrogens with zero attached hydrogens (tertiary/aromatic N) is 9. The minimum Gasteiger partial charge on any atom is -0.480 e. The number of pyridine rings is 2. The van der Waals surface area contributed by atoms with E-state index in [4.69, 9.17) is 14.8 Å². The van der Waals surface area contributed by atoms with Gasteiger partial charge in [0.15, 0.2) is 11.3 Å². The summed E-state index contributed by atoms with van der Waals surface area (Å²) in [6, 6.07) is 6.99. The number of aromatic nitrogens is 7. The zero-order valence-corrected chi connectivity index (χ0v) is 37.4. The van der Waals surface area contributed by atoms with Crippen molar-refractivity contribution >= 4 is 46.3 Å². The fourth-order valence-electron chi connectivity index (χ4n) is 10.1. The van der Waals surface area contributed by atoms with Crippen LogP contribution >= 0.6 is 0 Å². The molecule has 9 rings (SSSR count). The molecule has 2 amide bonds. The van der Waals surface area contributed by atoms with Crippen molar-refractivity contribution in [2.45, 2.75) is 108 Å². The van der Waals surface area contributed by atoms with E-state index in [0.29, 0.717) is 30.4 Å². The molecule has 4 N–H and O–H groups in total. The van der Waals surface area contributed by atoms with E-state index in [2.05, 4.69) is 47.0 Å². The second kappa shape index (κ2) is 20.7. The van der Waals surface area contributed by atoms with Crippen molar-refractivity contribution in [3.05, 3.63) is 88.6 Å². The first-order valence-corrected chi connectivity index (χ1v) is 23.6. The molecule has 2 bridgehead atoms. The molecule has 5 aromatic rings. The molecule has 18 nitrogen and oxygen atoms in total. The number of carboxylic acids is 1. The highest BCUT2D eigenvalue weighted by Gasteiger charge is 2.40. The Kier molecular flexibility index (Phi) is 14.2. The molecule has 0 unspecified atom stereocenters. The molecule has 1 saturated carbocycles. The molecule has 356 valence electrons. The van der Waals surface area contributed by atoms with E-state index in [1.165, 1.54) is 35.2 Å². The van der Waals surface area contributed by atoms with Crippen molar-refractivity contribution in [2.24, 2.45) is 11.8 Å². The number of aryl methyl sites for hydroxylation is 1. The van der Waals surface area contributed by atoms with Crippen molar-refractivity contribution in [2.75, 3.05) is 59.8 Å². The Balaban J connectivity index is 0.671. The van der Waals surface area contributed by atoms with Crippen LogP contribution in [0.4, 0.5) is 31.7 Å². The van der Waals surface area contributed by atoms with Gasteiger partial charge < -0.3 is 40.2 Å². The lowest BCUT2D eigenvalue weighted by molar-refractivity contribution is -0.137. The minimum absolute atomic E-state index is 0.00276. The number of unbranched alkanes of at least 4 members (excludes halogenated alkanes) is 3. The molecule has 1 aliphatic carbocycles. The van der Waals surface area contributed by atoms with Gasteiger partial charge in [-0.2, -0.15) is 10.2 Å². The standard InChI is InChI=1S/C47H58F2N12O6/c48-44(49)43-39(54-47(66)38-23-52-60-17-14-40(55-45(38)60)59-26-37-19-36(59)29-67-37)27-61(56-43)34-11-8-30(9-12-34)20-50-15-4-2-1-3-6-31-18-35(22-51-21-31)57-16-5-7-32(24-57)46(65)53-33-10-13-41(62)58(25-33)28-42(63)64/h10,13-14,17-18,21-23,25,27,30,32,34,36-37,44,50H,1-9,11-12,15-16,19-20,24,26,28-29H2,(H,53,65)(H,54,66)(H,63,64)/t30?,32-,34?,36+,37+/m0/s1. The number of anilines is 4. The van der Waals surface area contributed by atoms with Crippen LogP contribution in [0.3, 0.4) is 0 Å². The molecule has 0 aromatic carbocycles. The van der Waals surface area contributed by atoms with E-state index in [0.717, 1.165) is 125 Å². The van der Waals surface area contributed by atoms with Gasteiger partial charge in [0.1, 0.15) is 17.9 Å². The van der Waals surface area contributed by atoms with Gasteiger partial charge in [0.2, 0.25) is 5.91 Å². The van der Waals surface area contributed by atoms with Crippen molar-refractivity contribution in [3.8, 4) is 0 Å². The summed E-state index contributed by atoms with van der Waals surface area (Å²) in [6.07, 6.45) is 18.5. The third kappa shape index (κ3) is 11.0. The fraction of sp³-hybridized carbons (Fsp3) is 0.532. The second-order valence-electron chi connectivity index (χ2n) is 18.4. The summed E-state index contributed by atoms with van der Waals surface area (Å²) >= 11 is 0. The molecule has 67 heavy (non-hydrogen) atoms. The molecule has 8 heterocycles. The largest absolute Gasteiger partial charge is 0.480 e. The lowest BCUT2D eigenvalue weighted by Crippen LogP contribution is -2.41. The number of morpholine rings is 1. The van der Waals surface area contributed by atoms with E-state index in [-0.39, 0.29) is 41.3 Å². The molecule has 3 aliphatic heterocycles. The van der Waals surface area contributed by atoms with Gasteiger partial charge in [-0.1, -0.05) is 12.8 Å². The Bertz CT molecular complexity index is 2610. The number of amides is 2. The molecular formula is C47H58F2N12O6. The van der Waals surface area contributed by atoms with Crippen LogP contribution in [0.5, 0.6) is 0 Å². The Morgan fingerprint density at radius 3 is 2.58 bits per heavy atom. The van der Waals surface area contributed by atoms with Crippen LogP contribution in [0.15, 0.2) is 66.2 Å². The van der Waals surface area contributed by atoms with E-state index in [1.54, 1.807) is 10.9 Å². The predicted octanol–water partition coefficient (Wildman–Crippen LogP) is 5.71. The first-order chi connectivity index (χ1) is 32.5. The first-order valence-electron chi connectivity index (χ1n) is 23.6. The summed E-state index contributed by atoms with van der Waals surface area (Å²) in [7, 11) is 0. The molecule has 0 radical (unpaired) electrons. The van der Waals surface area contributed by atoms with Crippen molar-refractivity contribution in [1.29, 1.82) is 0 Å². The highest BCUT2D eigenvalue weighted by Crippen LogP contribution is 2.36. The van der Waals surface area contributed by atoms with Crippen LogP contribution in [0.1, 0.15) is 105 Å². The van der Waals surface area contributed by atoms with Crippen LogP contribution in [0.25, 0.3) is 5.65 Å². The van der Waals surface area contributed by atoms with Gasteiger partial charge in [0.05, 0.1) is 60.2 Å². The molecule has 3 saturated heterocycles. The van der Waals surface area contributed by atoms with Gasteiger partial charge >= 0.3 is 5.97 Å². The summed E-state index contributed by atoms with van der Waals surface area (Å²) in [6.45, 7) is 4.11. The van der Waals surface area contributed by atoms with Crippen LogP contribution in [-0.2, 0) is 27.3 Å². The SMILES string of the molecule is O=C(O)Cn1cc(NC(=O)[C@H]2CCCN(c3cncc(CCCCCCNCC4CCC(n5cc(NC(=O)c6cnn7ccc(N8C[C@H]9C[C@@H]8CO9)nc67)c(C(F)F)n5)CC4)c3)C2)ccc1=O. The number of rotatable bonds is 19. The smallest absolute Gasteiger partial charge is 0.323 e. The Morgan fingerprint density at radius 1 is 0.940 bits per heavy atom. The minimum atomic E-state index is -2.85. The number of hydrogen-bond acceptors (Lipinski definition) is 12. The number of carbonyl (C=O) groups is 3. The number of fused-ring (bicyclic) bond motifs is 3. The van der Waals surface area contributed by atoms with Crippen LogP contribution in [-0.4, -0.2) is 108 Å². The number of halogens is 2. The van der Waals surface area contributed by atoms with Gasteiger partial charge in [-0.25, -0.2) is 18.3 Å². The lowest BCUT2D eigenvalue weighted by atomic mass is 9.86. The summed E-state index contributed by atoms with van der Waals surface area (Å²) in [5, 5.41) is 26.8. The predicted molar refractivity (Wildman–Crippen MR) is 246 cm³/mol. The number of alkyl halides is 2. The number of hydrogen-bond donors (Lipinski definition) is 4. The molecule has 4 fully saturated rings. The molecule has 4 aliphatic rings. The van der Waals surface area contributed by atoms with Gasteiger partial charge in [-0.15, -0.1) is 0 Å². The topological polar surface area (TPSA) is 206 Å². The van der Waals surface area contributed by atoms with Crippen LogP contribution in [0, 0.1) is 11.8 Å². The maximum absolute atomic E-state index is 14.2. The Morgan fingerprint density at radius 2 is 1.79 bits per heavy atom. The molecule has 5 aromatic heterocycles. The molecular weight excluding hydrogens is 867 g/mol. The van der Waals surface area contributed by atoms with Gasteiger partial charge in [-0.05, 0) is 107 Å². The van der Waals surface area contributed by atoms with Gasteiger partial charge in [0.25, 0.3) is 17.9 Å². The number of carboxylic acid groups (broad SMARTS) is 1. The highest BCUT2D eigenvalue weighted by atomic mass is 19.3. The highest BCUT2D eigenvalue weighted by molar-refractivity contribution is 6.08. The second-order valence-corrected chi connectivity index (χ2v) is 18.4. The van der Waals surface area contributed by atoms with E-state index >= 15 is 0 Å². The number of aliphatic carboxylic acids is 1. The maximum Gasteiger partial charge on any atom is 0.323 e. The van der Waals surface area contributed by atoms with E-state index in [9.17, 15) is 28.0 Å². The number of carbonyl (C=O) groups excluding carboxylic acids is 2. The summed E-state index contributed by atoms with van der Waals surface area (Å²) < 4.78 is 38.4. The zero-order chi connectivity index (χ0) is 46.4. The first kappa shape index (κ1) is 45.9. The van der Waals surface area contributed by atoms with Gasteiger partial charge in [-0.3, -0.25) is 28.8 Å². The van der Waals surface area contributed by atoms with Crippen LogP contribution in [0.2, 0.25) is 0 Å².